The molecule has 0 nitrogen and oxygen atoms in total. The predicted octanol–water partition coefficient (Wildman–Crippen LogP) is 4.63. The third kappa shape index (κ3) is 3.02. The van der Waals surface area contributed by atoms with Crippen LogP contribution in [0.3, 0.4) is 0 Å². The van der Waals surface area contributed by atoms with E-state index >= 15 is 0 Å². The van der Waals surface area contributed by atoms with E-state index in [0.29, 0.717) is 5.92 Å². The summed E-state index contributed by atoms with van der Waals surface area (Å²) in [5.41, 5.74) is 3.90. The summed E-state index contributed by atoms with van der Waals surface area (Å²) in [4.78, 5) is 0. The van der Waals surface area contributed by atoms with E-state index in [0.717, 1.165) is 6.42 Å². The third-order valence-corrected chi connectivity index (χ3v) is 2.85. The van der Waals surface area contributed by atoms with Gasteiger partial charge in [0.1, 0.15) is 0 Å². The first-order valence-electron chi connectivity index (χ1n) is 5.22. The second-order valence-electron chi connectivity index (χ2n) is 4.46. The lowest BCUT2D eigenvalue weighted by molar-refractivity contribution is 0.574. The van der Waals surface area contributed by atoms with Crippen LogP contribution in [0.1, 0.15) is 42.3 Å². The van der Waals surface area contributed by atoms with E-state index in [-0.39, 0.29) is 5.38 Å². The average Bonchev–Trinajstić information content (AvgIpc) is 2.01. The molecule has 0 aliphatic rings. The summed E-state index contributed by atoms with van der Waals surface area (Å²) in [6, 6.07) is 6.49. The van der Waals surface area contributed by atoms with E-state index in [4.69, 9.17) is 11.6 Å². The minimum Gasteiger partial charge on any atom is -0.118 e. The second kappa shape index (κ2) is 4.84. The minimum absolute atomic E-state index is 0.163. The number of halogens is 1. The first kappa shape index (κ1) is 11.6. The fraction of sp³-hybridized carbons (Fsp3) is 0.538. The predicted molar refractivity (Wildman–Crippen MR) is 64.0 cm³/mol. The normalized spacial score (nSPS) is 13.3. The Morgan fingerprint density at radius 3 is 2.36 bits per heavy atom. The van der Waals surface area contributed by atoms with Crippen LogP contribution in [0.5, 0.6) is 0 Å². The molecule has 0 radical (unpaired) electrons. The van der Waals surface area contributed by atoms with Crippen molar-refractivity contribution in [2.45, 2.75) is 39.5 Å². The van der Waals surface area contributed by atoms with Crippen molar-refractivity contribution < 1.29 is 0 Å². The summed E-state index contributed by atoms with van der Waals surface area (Å²) in [5.74, 6) is 0.651. The molecule has 0 heterocycles. The molecule has 1 rings (SSSR count). The highest BCUT2D eigenvalue weighted by Crippen LogP contribution is 2.30. The van der Waals surface area contributed by atoms with Crippen LogP contribution in [0.25, 0.3) is 0 Å². The summed E-state index contributed by atoms with van der Waals surface area (Å²) in [7, 11) is 0. The average molecular weight is 211 g/mol. The van der Waals surface area contributed by atoms with E-state index in [1.807, 2.05) is 0 Å². The van der Waals surface area contributed by atoms with Crippen LogP contribution in [-0.4, -0.2) is 0 Å². The Kier molecular flexibility index (Phi) is 4.00. The Morgan fingerprint density at radius 1 is 1.21 bits per heavy atom. The molecule has 14 heavy (non-hydrogen) atoms. The number of hydrogen-bond acceptors (Lipinski definition) is 0. The van der Waals surface area contributed by atoms with Gasteiger partial charge in [0.25, 0.3) is 0 Å². The maximum Gasteiger partial charge on any atom is 0.0590 e. The summed E-state index contributed by atoms with van der Waals surface area (Å²) in [6.07, 6.45) is 1.05. The molecule has 1 heteroatoms. The fourth-order valence-corrected chi connectivity index (χ4v) is 2.32. The molecule has 1 aromatic carbocycles. The third-order valence-electron chi connectivity index (χ3n) is 2.44. The highest BCUT2D eigenvalue weighted by molar-refractivity contribution is 6.20. The van der Waals surface area contributed by atoms with Gasteiger partial charge in [-0.2, -0.15) is 0 Å². The molecule has 78 valence electrons. The Morgan fingerprint density at radius 2 is 1.86 bits per heavy atom. The lowest BCUT2D eigenvalue weighted by Crippen LogP contribution is -1.98. The van der Waals surface area contributed by atoms with Gasteiger partial charge in [-0.25, -0.2) is 0 Å². The standard InChI is InChI=1S/C13H19Cl/c1-9(2)7-13(14)12-6-5-10(3)8-11(12)4/h5-6,8-9,13H,7H2,1-4H3. The lowest BCUT2D eigenvalue weighted by Gasteiger charge is -2.15. The van der Waals surface area contributed by atoms with E-state index in [2.05, 4.69) is 45.9 Å². The SMILES string of the molecule is Cc1ccc(C(Cl)CC(C)C)c(C)c1. The van der Waals surface area contributed by atoms with Crippen molar-refractivity contribution >= 4 is 11.6 Å². The van der Waals surface area contributed by atoms with Crippen molar-refractivity contribution in [1.29, 1.82) is 0 Å². The van der Waals surface area contributed by atoms with Crippen LogP contribution < -0.4 is 0 Å². The molecule has 0 spiro atoms. The molecule has 0 saturated heterocycles. The maximum atomic E-state index is 6.36. The Bertz CT molecular complexity index is 302. The summed E-state index contributed by atoms with van der Waals surface area (Å²) >= 11 is 6.36. The van der Waals surface area contributed by atoms with E-state index in [1.165, 1.54) is 16.7 Å². The molecular formula is C13H19Cl. The summed E-state index contributed by atoms with van der Waals surface area (Å²) in [6.45, 7) is 8.66. The van der Waals surface area contributed by atoms with Gasteiger partial charge in [-0.05, 0) is 37.3 Å². The van der Waals surface area contributed by atoms with Crippen molar-refractivity contribution in [3.05, 3.63) is 34.9 Å². The Balaban J connectivity index is 2.84. The van der Waals surface area contributed by atoms with Crippen molar-refractivity contribution in [2.75, 3.05) is 0 Å². The van der Waals surface area contributed by atoms with E-state index in [1.54, 1.807) is 0 Å². The van der Waals surface area contributed by atoms with Gasteiger partial charge in [0.15, 0.2) is 0 Å². The van der Waals surface area contributed by atoms with Crippen molar-refractivity contribution in [2.24, 2.45) is 5.92 Å². The van der Waals surface area contributed by atoms with Gasteiger partial charge in [-0.1, -0.05) is 37.6 Å². The Hall–Kier alpha value is -0.490. The van der Waals surface area contributed by atoms with Crippen molar-refractivity contribution in [3.8, 4) is 0 Å². The highest BCUT2D eigenvalue weighted by Gasteiger charge is 2.11. The molecule has 1 unspecified atom stereocenters. The smallest absolute Gasteiger partial charge is 0.0590 e. The molecule has 1 atom stereocenters. The van der Waals surface area contributed by atoms with Crippen LogP contribution in [0.15, 0.2) is 18.2 Å². The fourth-order valence-electron chi connectivity index (χ4n) is 1.72. The maximum absolute atomic E-state index is 6.36. The lowest BCUT2D eigenvalue weighted by atomic mass is 9.97. The molecule has 0 N–H and O–H groups in total. The molecule has 0 fully saturated rings. The second-order valence-corrected chi connectivity index (χ2v) is 4.98. The molecular weight excluding hydrogens is 192 g/mol. The quantitative estimate of drug-likeness (QED) is 0.639. The van der Waals surface area contributed by atoms with Crippen LogP contribution >= 0.6 is 11.6 Å². The number of hydrogen-bond donors (Lipinski definition) is 0. The zero-order valence-corrected chi connectivity index (χ0v) is 10.2. The van der Waals surface area contributed by atoms with Gasteiger partial charge in [0.05, 0.1) is 5.38 Å². The van der Waals surface area contributed by atoms with Gasteiger partial charge in [0.2, 0.25) is 0 Å². The number of rotatable bonds is 3. The summed E-state index contributed by atoms with van der Waals surface area (Å²) < 4.78 is 0. The van der Waals surface area contributed by atoms with Gasteiger partial charge in [0, 0.05) is 0 Å². The first-order chi connectivity index (χ1) is 6.50. The first-order valence-corrected chi connectivity index (χ1v) is 5.65. The van der Waals surface area contributed by atoms with Crippen LogP contribution in [-0.2, 0) is 0 Å². The van der Waals surface area contributed by atoms with E-state index < -0.39 is 0 Å². The molecule has 0 amide bonds. The largest absolute Gasteiger partial charge is 0.118 e. The molecule has 0 aliphatic carbocycles. The summed E-state index contributed by atoms with van der Waals surface area (Å²) in [5, 5.41) is 0.163. The van der Waals surface area contributed by atoms with Gasteiger partial charge >= 0.3 is 0 Å². The Labute approximate surface area is 92.3 Å². The van der Waals surface area contributed by atoms with Gasteiger partial charge in [-0.15, -0.1) is 11.6 Å². The monoisotopic (exact) mass is 210 g/mol. The van der Waals surface area contributed by atoms with Gasteiger partial charge < -0.3 is 0 Å². The van der Waals surface area contributed by atoms with Crippen molar-refractivity contribution in [3.63, 3.8) is 0 Å². The minimum atomic E-state index is 0.163. The topological polar surface area (TPSA) is 0 Å². The van der Waals surface area contributed by atoms with Crippen LogP contribution in [0.4, 0.5) is 0 Å². The van der Waals surface area contributed by atoms with Gasteiger partial charge in [-0.3, -0.25) is 0 Å². The van der Waals surface area contributed by atoms with Crippen LogP contribution in [0, 0.1) is 19.8 Å². The molecule has 0 saturated carbocycles. The van der Waals surface area contributed by atoms with Crippen LogP contribution in [0.2, 0.25) is 0 Å². The molecule has 0 bridgehead atoms. The number of benzene rings is 1. The van der Waals surface area contributed by atoms with Crippen molar-refractivity contribution in [1.82, 2.24) is 0 Å². The van der Waals surface area contributed by atoms with E-state index in [9.17, 15) is 0 Å². The zero-order valence-electron chi connectivity index (χ0n) is 9.47. The molecule has 0 aromatic heterocycles. The zero-order chi connectivity index (χ0) is 10.7. The number of aryl methyl sites for hydroxylation is 2. The molecule has 0 aliphatic heterocycles. The number of alkyl halides is 1. The highest BCUT2D eigenvalue weighted by atomic mass is 35.5. The molecule has 1 aromatic rings.